The molecule has 3 aliphatic rings. The van der Waals surface area contributed by atoms with E-state index in [0.717, 1.165) is 19.5 Å². The highest BCUT2D eigenvalue weighted by atomic mass is 16.2. The molecule has 4 rings (SSSR count). The number of nitrogens with zero attached hydrogens (tertiary/aromatic N) is 2. The van der Waals surface area contributed by atoms with Crippen molar-refractivity contribution in [2.24, 2.45) is 11.3 Å². The minimum atomic E-state index is 0.163. The Morgan fingerprint density at radius 3 is 2.35 bits per heavy atom. The van der Waals surface area contributed by atoms with E-state index in [0.29, 0.717) is 17.2 Å². The molecule has 1 amide bonds. The Morgan fingerprint density at radius 1 is 1.08 bits per heavy atom. The Balaban J connectivity index is 1.41. The summed E-state index contributed by atoms with van der Waals surface area (Å²) in [5.41, 5.74) is 2.00. The number of hydrogen-bond donors (Lipinski definition) is 0. The lowest BCUT2D eigenvalue weighted by atomic mass is 9.64. The molecule has 0 atom stereocenters. The second-order valence-electron chi connectivity index (χ2n) is 9.36. The molecular weight excluding hydrogens is 320 g/mol. The van der Waals surface area contributed by atoms with Crippen LogP contribution in [0.25, 0.3) is 0 Å². The molecule has 1 aromatic rings. The zero-order chi connectivity index (χ0) is 18.2. The summed E-state index contributed by atoms with van der Waals surface area (Å²) < 4.78 is 0. The summed E-state index contributed by atoms with van der Waals surface area (Å²) in [6.07, 6.45) is 10.8. The van der Waals surface area contributed by atoms with Crippen molar-refractivity contribution in [3.05, 3.63) is 35.9 Å². The molecule has 2 saturated carbocycles. The molecule has 0 N–H and O–H groups in total. The van der Waals surface area contributed by atoms with E-state index in [1.54, 1.807) is 0 Å². The summed E-state index contributed by atoms with van der Waals surface area (Å²) in [5, 5.41) is 0. The second kappa shape index (κ2) is 6.99. The Morgan fingerprint density at radius 2 is 1.77 bits per heavy atom. The van der Waals surface area contributed by atoms with E-state index in [1.807, 2.05) is 0 Å². The Kier molecular flexibility index (Phi) is 4.85. The van der Waals surface area contributed by atoms with Gasteiger partial charge in [0.05, 0.1) is 0 Å². The highest BCUT2D eigenvalue weighted by Gasteiger charge is 2.48. The first-order chi connectivity index (χ1) is 12.5. The van der Waals surface area contributed by atoms with Crippen molar-refractivity contribution in [2.75, 3.05) is 27.2 Å². The third-order valence-electron chi connectivity index (χ3n) is 7.78. The maximum atomic E-state index is 12.6. The molecule has 2 aliphatic carbocycles. The lowest BCUT2D eigenvalue weighted by Gasteiger charge is -2.49. The van der Waals surface area contributed by atoms with Crippen LogP contribution in [0.5, 0.6) is 0 Å². The highest BCUT2D eigenvalue weighted by molar-refractivity contribution is 5.77. The number of amides is 1. The van der Waals surface area contributed by atoms with Gasteiger partial charge in [-0.3, -0.25) is 9.69 Å². The maximum absolute atomic E-state index is 12.6. The number of rotatable bonds is 4. The van der Waals surface area contributed by atoms with Gasteiger partial charge in [-0.2, -0.15) is 0 Å². The summed E-state index contributed by atoms with van der Waals surface area (Å²) in [6, 6.07) is 11.0. The van der Waals surface area contributed by atoms with Crippen molar-refractivity contribution in [1.82, 2.24) is 9.80 Å². The van der Waals surface area contributed by atoms with Gasteiger partial charge in [-0.1, -0.05) is 36.8 Å². The SMILES string of the molecule is CN(C)C1(c2ccccc2)CCC2(CCN(C(=O)CC3CCC3)C2)CC1. The standard InChI is InChI=1S/C23H34N2O/c1-24(2)23(20-9-4-3-5-10-20)13-11-22(12-14-23)15-16-25(18-22)21(26)17-19-7-6-8-19/h3-5,9-10,19H,6-8,11-18H2,1-2H3. The van der Waals surface area contributed by atoms with E-state index in [9.17, 15) is 4.79 Å². The fourth-order valence-corrected chi connectivity index (χ4v) is 5.57. The van der Waals surface area contributed by atoms with Crippen LogP contribution >= 0.6 is 0 Å². The molecule has 1 saturated heterocycles. The quantitative estimate of drug-likeness (QED) is 0.799. The number of hydrogen-bond acceptors (Lipinski definition) is 2. The van der Waals surface area contributed by atoms with Crippen LogP contribution in [0.1, 0.15) is 63.4 Å². The van der Waals surface area contributed by atoms with Crippen LogP contribution in [0.2, 0.25) is 0 Å². The summed E-state index contributed by atoms with van der Waals surface area (Å²) in [7, 11) is 4.46. The van der Waals surface area contributed by atoms with Crippen LogP contribution in [0, 0.1) is 11.3 Å². The molecule has 142 valence electrons. The molecule has 3 nitrogen and oxygen atoms in total. The Hall–Kier alpha value is -1.35. The summed E-state index contributed by atoms with van der Waals surface area (Å²) in [6.45, 7) is 2.00. The first-order valence-electron chi connectivity index (χ1n) is 10.5. The van der Waals surface area contributed by atoms with Crippen molar-refractivity contribution in [2.45, 2.75) is 63.3 Å². The van der Waals surface area contributed by atoms with Gasteiger partial charge in [-0.15, -0.1) is 0 Å². The molecule has 0 unspecified atom stereocenters. The van der Waals surface area contributed by atoms with Crippen LogP contribution in [0.4, 0.5) is 0 Å². The molecule has 3 fully saturated rings. The fraction of sp³-hybridized carbons (Fsp3) is 0.696. The van der Waals surface area contributed by atoms with E-state index in [2.05, 4.69) is 54.2 Å². The molecule has 0 radical (unpaired) electrons. The lowest BCUT2D eigenvalue weighted by Crippen LogP contribution is -2.47. The zero-order valence-corrected chi connectivity index (χ0v) is 16.5. The molecule has 1 heterocycles. The van der Waals surface area contributed by atoms with Gasteiger partial charge < -0.3 is 4.90 Å². The van der Waals surface area contributed by atoms with E-state index < -0.39 is 0 Å². The lowest BCUT2D eigenvalue weighted by molar-refractivity contribution is -0.132. The van der Waals surface area contributed by atoms with Gasteiger partial charge in [0.15, 0.2) is 0 Å². The maximum Gasteiger partial charge on any atom is 0.222 e. The van der Waals surface area contributed by atoms with Crippen LogP contribution in [0.3, 0.4) is 0 Å². The van der Waals surface area contributed by atoms with Crippen LogP contribution < -0.4 is 0 Å². The number of carbonyl (C=O) groups excluding carboxylic acids is 1. The average molecular weight is 355 g/mol. The zero-order valence-electron chi connectivity index (χ0n) is 16.5. The third kappa shape index (κ3) is 3.19. The largest absolute Gasteiger partial charge is 0.342 e. The van der Waals surface area contributed by atoms with Crippen molar-refractivity contribution in [3.8, 4) is 0 Å². The molecule has 26 heavy (non-hydrogen) atoms. The van der Waals surface area contributed by atoms with Crippen LogP contribution in [0.15, 0.2) is 30.3 Å². The van der Waals surface area contributed by atoms with Gasteiger partial charge in [-0.25, -0.2) is 0 Å². The molecule has 1 aliphatic heterocycles. The van der Waals surface area contributed by atoms with Crippen molar-refractivity contribution in [1.29, 1.82) is 0 Å². The van der Waals surface area contributed by atoms with Gasteiger partial charge >= 0.3 is 0 Å². The number of likely N-dealkylation sites (tertiary alicyclic amines) is 1. The molecule has 0 aromatic heterocycles. The van der Waals surface area contributed by atoms with E-state index in [-0.39, 0.29) is 5.54 Å². The minimum Gasteiger partial charge on any atom is -0.342 e. The first kappa shape index (κ1) is 18.0. The van der Waals surface area contributed by atoms with Crippen LogP contribution in [-0.2, 0) is 10.3 Å². The van der Waals surface area contributed by atoms with E-state index in [1.165, 1.54) is 56.9 Å². The third-order valence-corrected chi connectivity index (χ3v) is 7.78. The van der Waals surface area contributed by atoms with E-state index in [4.69, 9.17) is 0 Å². The summed E-state index contributed by atoms with van der Waals surface area (Å²) in [5.74, 6) is 1.11. The smallest absolute Gasteiger partial charge is 0.222 e. The monoisotopic (exact) mass is 354 g/mol. The molecule has 0 bridgehead atoms. The summed E-state index contributed by atoms with van der Waals surface area (Å²) in [4.78, 5) is 17.3. The highest BCUT2D eigenvalue weighted by Crippen LogP contribution is 2.52. The van der Waals surface area contributed by atoms with Gasteiger partial charge in [0.2, 0.25) is 5.91 Å². The normalized spacial score (nSPS) is 32.2. The minimum absolute atomic E-state index is 0.163. The molecule has 1 spiro atoms. The molecular formula is C23H34N2O. The van der Waals surface area contributed by atoms with Gasteiger partial charge in [0.1, 0.15) is 0 Å². The van der Waals surface area contributed by atoms with Gasteiger partial charge in [0.25, 0.3) is 0 Å². The summed E-state index contributed by atoms with van der Waals surface area (Å²) >= 11 is 0. The Bertz CT molecular complexity index is 627. The van der Waals surface area contributed by atoms with Crippen LogP contribution in [-0.4, -0.2) is 42.9 Å². The number of benzene rings is 1. The van der Waals surface area contributed by atoms with Crippen molar-refractivity contribution < 1.29 is 4.79 Å². The first-order valence-corrected chi connectivity index (χ1v) is 10.5. The molecule has 1 aromatic carbocycles. The van der Waals surface area contributed by atoms with Gasteiger partial charge in [0, 0.05) is 25.0 Å². The van der Waals surface area contributed by atoms with Crippen molar-refractivity contribution in [3.63, 3.8) is 0 Å². The predicted octanol–water partition coefficient (Wildman–Crippen LogP) is 4.43. The Labute approximate surface area is 158 Å². The fourth-order valence-electron chi connectivity index (χ4n) is 5.57. The topological polar surface area (TPSA) is 23.6 Å². The number of carbonyl (C=O) groups is 1. The second-order valence-corrected chi connectivity index (χ2v) is 9.36. The predicted molar refractivity (Wildman–Crippen MR) is 106 cm³/mol. The average Bonchev–Trinajstić information content (AvgIpc) is 3.03. The molecule has 3 heteroatoms. The van der Waals surface area contributed by atoms with Gasteiger partial charge in [-0.05, 0) is 75.9 Å². The van der Waals surface area contributed by atoms with E-state index >= 15 is 0 Å². The van der Waals surface area contributed by atoms with Crippen molar-refractivity contribution >= 4 is 5.91 Å².